The van der Waals surface area contributed by atoms with Crippen LogP contribution in [0.4, 0.5) is 4.39 Å². The predicted octanol–water partition coefficient (Wildman–Crippen LogP) is 1.94. The molecule has 2 aliphatic heterocycles. The number of amides is 1. The van der Waals surface area contributed by atoms with E-state index in [2.05, 4.69) is 4.98 Å². The summed E-state index contributed by atoms with van der Waals surface area (Å²) in [7, 11) is 0. The summed E-state index contributed by atoms with van der Waals surface area (Å²) >= 11 is 0. The number of fused-ring (bicyclic) bond motifs is 4. The highest BCUT2D eigenvalue weighted by molar-refractivity contribution is 5.95. The molecule has 3 aromatic rings. The fourth-order valence-electron chi connectivity index (χ4n) is 5.19. The van der Waals surface area contributed by atoms with Crippen molar-refractivity contribution < 1.29 is 24.2 Å². The Morgan fingerprint density at radius 1 is 1.09 bits per heavy atom. The number of carbonyl (C=O) groups excluding carboxylic acids is 1. The van der Waals surface area contributed by atoms with Crippen LogP contribution in [0, 0.1) is 17.7 Å². The van der Waals surface area contributed by atoms with Gasteiger partial charge in [0.1, 0.15) is 5.82 Å². The number of halogens is 1. The van der Waals surface area contributed by atoms with Crippen LogP contribution in [0.2, 0.25) is 0 Å². The van der Waals surface area contributed by atoms with Crippen molar-refractivity contribution in [2.24, 2.45) is 11.8 Å². The van der Waals surface area contributed by atoms with Crippen LogP contribution in [0.15, 0.2) is 65.7 Å². The lowest BCUT2D eigenvalue weighted by molar-refractivity contribution is -0.144. The fourth-order valence-corrected chi connectivity index (χ4v) is 5.19. The van der Waals surface area contributed by atoms with Crippen molar-refractivity contribution in [3.63, 3.8) is 0 Å². The molecule has 0 radical (unpaired) electrons. The Balaban J connectivity index is 1.68. The first-order valence-corrected chi connectivity index (χ1v) is 10.5. The summed E-state index contributed by atoms with van der Waals surface area (Å²) < 4.78 is 15.8. The van der Waals surface area contributed by atoms with Crippen LogP contribution in [0.3, 0.4) is 0 Å². The highest BCUT2D eigenvalue weighted by Crippen LogP contribution is 2.49. The number of benzene rings is 1. The van der Waals surface area contributed by atoms with Crippen LogP contribution < -0.4 is 5.56 Å². The SMILES string of the molecule is O=C(O)[C@@H]1[C@@H](CO)[C@@H]2Cn3c(ccc(-c4ccccc4F)c3=O)[C@H]1N2C(=O)c1cccnc1. The minimum atomic E-state index is -1.16. The molecule has 2 aliphatic rings. The molecule has 0 saturated carbocycles. The number of hydrogen-bond acceptors (Lipinski definition) is 5. The molecule has 2 bridgehead atoms. The number of aromatic nitrogens is 2. The van der Waals surface area contributed by atoms with Gasteiger partial charge in [-0.05, 0) is 30.3 Å². The zero-order chi connectivity index (χ0) is 23.3. The first kappa shape index (κ1) is 21.0. The average molecular weight is 449 g/mol. The Hall–Kier alpha value is -3.85. The van der Waals surface area contributed by atoms with Gasteiger partial charge in [-0.15, -0.1) is 0 Å². The lowest BCUT2D eigenvalue weighted by Gasteiger charge is -2.38. The molecular weight excluding hydrogens is 429 g/mol. The Kier molecular flexibility index (Phi) is 5.05. The highest BCUT2D eigenvalue weighted by atomic mass is 19.1. The monoisotopic (exact) mass is 449 g/mol. The predicted molar refractivity (Wildman–Crippen MR) is 115 cm³/mol. The molecule has 168 valence electrons. The van der Waals surface area contributed by atoms with E-state index in [9.17, 15) is 29.0 Å². The van der Waals surface area contributed by atoms with Crippen LogP contribution in [-0.4, -0.2) is 49.2 Å². The summed E-state index contributed by atoms with van der Waals surface area (Å²) in [6.45, 7) is -0.466. The topological polar surface area (TPSA) is 113 Å². The first-order valence-electron chi connectivity index (χ1n) is 10.5. The maximum atomic E-state index is 14.4. The van der Waals surface area contributed by atoms with Gasteiger partial charge in [0, 0.05) is 42.7 Å². The van der Waals surface area contributed by atoms with E-state index in [0.717, 1.165) is 0 Å². The molecule has 1 aromatic carbocycles. The number of carbonyl (C=O) groups is 2. The third kappa shape index (κ3) is 3.15. The molecule has 0 spiro atoms. The molecule has 0 aliphatic carbocycles. The van der Waals surface area contributed by atoms with Crippen LogP contribution in [-0.2, 0) is 11.3 Å². The number of aliphatic hydroxyl groups excluding tert-OH is 1. The summed E-state index contributed by atoms with van der Waals surface area (Å²) in [4.78, 5) is 44.4. The molecular formula is C24H20FN3O5. The Labute approximate surface area is 187 Å². The van der Waals surface area contributed by atoms with E-state index in [-0.39, 0.29) is 23.2 Å². The lowest BCUT2D eigenvalue weighted by atomic mass is 9.87. The van der Waals surface area contributed by atoms with Crippen molar-refractivity contribution in [2.45, 2.75) is 18.6 Å². The number of nitrogens with zero attached hydrogens (tertiary/aromatic N) is 3. The van der Waals surface area contributed by atoms with Crippen molar-refractivity contribution >= 4 is 11.9 Å². The number of carboxylic acid groups (broad SMARTS) is 1. The summed E-state index contributed by atoms with van der Waals surface area (Å²) in [5, 5.41) is 20.1. The van der Waals surface area contributed by atoms with E-state index in [4.69, 9.17) is 0 Å². The summed E-state index contributed by atoms with van der Waals surface area (Å²) in [5.74, 6) is -4.00. The van der Waals surface area contributed by atoms with Crippen molar-refractivity contribution in [1.82, 2.24) is 14.5 Å². The summed E-state index contributed by atoms with van der Waals surface area (Å²) in [5.41, 5.74) is 0.456. The third-order valence-corrected chi connectivity index (χ3v) is 6.64. The smallest absolute Gasteiger partial charge is 0.309 e. The van der Waals surface area contributed by atoms with Crippen LogP contribution >= 0.6 is 0 Å². The van der Waals surface area contributed by atoms with Crippen molar-refractivity contribution in [1.29, 1.82) is 0 Å². The van der Waals surface area contributed by atoms with Gasteiger partial charge in [-0.25, -0.2) is 4.39 Å². The van der Waals surface area contributed by atoms with Crippen LogP contribution in [0.25, 0.3) is 11.1 Å². The minimum Gasteiger partial charge on any atom is -0.481 e. The summed E-state index contributed by atoms with van der Waals surface area (Å²) in [6, 6.07) is 10.5. The molecule has 8 nitrogen and oxygen atoms in total. The molecule has 1 saturated heterocycles. The molecule has 2 N–H and O–H groups in total. The molecule has 1 amide bonds. The Bertz CT molecular complexity index is 1310. The number of rotatable bonds is 4. The van der Waals surface area contributed by atoms with Gasteiger partial charge in [-0.3, -0.25) is 19.4 Å². The normalized spacial score (nSPS) is 23.3. The van der Waals surface area contributed by atoms with Gasteiger partial charge in [0.15, 0.2) is 0 Å². The third-order valence-electron chi connectivity index (χ3n) is 6.64. The second-order valence-electron chi connectivity index (χ2n) is 8.24. The fraction of sp³-hybridized carbons (Fsp3) is 0.250. The number of hydrogen-bond donors (Lipinski definition) is 2. The number of pyridine rings is 2. The van der Waals surface area contributed by atoms with E-state index in [1.165, 1.54) is 46.1 Å². The van der Waals surface area contributed by atoms with Gasteiger partial charge in [0.05, 0.1) is 29.1 Å². The molecule has 4 heterocycles. The zero-order valence-electron chi connectivity index (χ0n) is 17.3. The van der Waals surface area contributed by atoms with Crippen LogP contribution in [0.5, 0.6) is 0 Å². The van der Waals surface area contributed by atoms with Gasteiger partial charge in [0.25, 0.3) is 11.5 Å². The van der Waals surface area contributed by atoms with Gasteiger partial charge in [-0.1, -0.05) is 18.2 Å². The average Bonchev–Trinajstić information content (AvgIpc) is 3.07. The minimum absolute atomic E-state index is 0.00598. The Morgan fingerprint density at radius 2 is 1.88 bits per heavy atom. The molecule has 33 heavy (non-hydrogen) atoms. The summed E-state index contributed by atoms with van der Waals surface area (Å²) in [6.07, 6.45) is 2.92. The molecule has 5 rings (SSSR count). The lowest BCUT2D eigenvalue weighted by Crippen LogP contribution is -2.49. The highest BCUT2D eigenvalue weighted by Gasteiger charge is 2.57. The van der Waals surface area contributed by atoms with Gasteiger partial charge in [0.2, 0.25) is 0 Å². The second kappa shape index (κ2) is 7.93. The standard InChI is InChI=1S/C24H20FN3O5/c25-17-6-2-1-5-14(17)15-7-8-18-21-20(24(32)33)16(12-29)19(11-27(18)23(15)31)28(21)22(30)13-4-3-9-26-10-13/h1-10,16,19-21,29H,11-12H2,(H,32,33)/t16-,19-,20+,21+/m0/s1. The Morgan fingerprint density at radius 3 is 2.55 bits per heavy atom. The second-order valence-corrected chi connectivity index (χ2v) is 8.24. The largest absolute Gasteiger partial charge is 0.481 e. The van der Waals surface area contributed by atoms with Gasteiger partial charge >= 0.3 is 5.97 Å². The van der Waals surface area contributed by atoms with E-state index in [1.54, 1.807) is 24.3 Å². The molecule has 9 heteroatoms. The van der Waals surface area contributed by atoms with E-state index < -0.39 is 53.8 Å². The molecule has 1 fully saturated rings. The quantitative estimate of drug-likeness (QED) is 0.630. The first-order chi connectivity index (χ1) is 15.9. The van der Waals surface area contributed by atoms with Crippen molar-refractivity contribution in [2.75, 3.05) is 6.61 Å². The molecule has 4 atom stereocenters. The van der Waals surface area contributed by atoms with Crippen molar-refractivity contribution in [3.8, 4) is 11.1 Å². The van der Waals surface area contributed by atoms with Gasteiger partial charge in [-0.2, -0.15) is 0 Å². The number of carboxylic acids is 1. The maximum absolute atomic E-state index is 14.4. The van der Waals surface area contributed by atoms with E-state index in [1.807, 2.05) is 0 Å². The van der Waals surface area contributed by atoms with Gasteiger partial charge < -0.3 is 19.7 Å². The number of aliphatic hydroxyl groups is 1. The maximum Gasteiger partial charge on any atom is 0.309 e. The zero-order valence-corrected chi connectivity index (χ0v) is 17.3. The van der Waals surface area contributed by atoms with Crippen LogP contribution in [0.1, 0.15) is 22.1 Å². The molecule has 0 unspecified atom stereocenters. The molecule has 2 aromatic heterocycles. The van der Waals surface area contributed by atoms with Crippen molar-refractivity contribution in [3.05, 3.63) is 88.4 Å². The van der Waals surface area contributed by atoms with E-state index >= 15 is 0 Å². The number of aliphatic carboxylic acids is 1. The van der Waals surface area contributed by atoms with E-state index in [0.29, 0.717) is 5.69 Å².